The first-order valence-electron chi connectivity index (χ1n) is 7.66. The minimum absolute atomic E-state index is 0.0303. The van der Waals surface area contributed by atoms with Gasteiger partial charge in [-0.2, -0.15) is 0 Å². The summed E-state index contributed by atoms with van der Waals surface area (Å²) < 4.78 is 13.3. The summed E-state index contributed by atoms with van der Waals surface area (Å²) in [5, 5.41) is 0. The molecule has 21 heavy (non-hydrogen) atoms. The zero-order chi connectivity index (χ0) is 15.6. The van der Waals surface area contributed by atoms with Crippen molar-refractivity contribution in [2.75, 3.05) is 26.7 Å². The predicted octanol–water partition coefficient (Wildman–Crippen LogP) is 2.94. The van der Waals surface area contributed by atoms with Crippen LogP contribution >= 0.6 is 0 Å². The highest BCUT2D eigenvalue weighted by atomic mass is 19.1. The maximum absolute atomic E-state index is 13.3. The van der Waals surface area contributed by atoms with Crippen LogP contribution in [0.3, 0.4) is 0 Å². The predicted molar refractivity (Wildman–Crippen MR) is 82.9 cm³/mol. The van der Waals surface area contributed by atoms with E-state index in [9.17, 15) is 9.18 Å². The van der Waals surface area contributed by atoms with E-state index in [4.69, 9.17) is 0 Å². The van der Waals surface area contributed by atoms with Gasteiger partial charge in [0.2, 0.25) is 0 Å². The van der Waals surface area contributed by atoms with E-state index in [0.717, 1.165) is 19.6 Å². The Kier molecular flexibility index (Phi) is 4.99. The highest BCUT2D eigenvalue weighted by Crippen LogP contribution is 2.18. The molecule has 4 heteroatoms. The Balaban J connectivity index is 2.12. The monoisotopic (exact) mass is 292 g/mol. The van der Waals surface area contributed by atoms with E-state index in [-0.39, 0.29) is 17.8 Å². The fourth-order valence-electron chi connectivity index (χ4n) is 2.74. The second-order valence-corrected chi connectivity index (χ2v) is 6.35. The zero-order valence-corrected chi connectivity index (χ0v) is 13.4. The van der Waals surface area contributed by atoms with Gasteiger partial charge in [0.15, 0.2) is 0 Å². The normalized spacial score (nSPS) is 16.7. The molecule has 116 valence electrons. The van der Waals surface area contributed by atoms with Crippen molar-refractivity contribution in [3.8, 4) is 0 Å². The molecule has 1 aliphatic heterocycles. The third-order valence-electron chi connectivity index (χ3n) is 4.39. The van der Waals surface area contributed by atoms with Gasteiger partial charge in [0.05, 0.1) is 0 Å². The van der Waals surface area contributed by atoms with Crippen LogP contribution in [0.5, 0.6) is 0 Å². The number of hydrogen-bond donors (Lipinski definition) is 0. The Morgan fingerprint density at radius 1 is 1.38 bits per heavy atom. The molecule has 0 aliphatic carbocycles. The number of aryl methyl sites for hydroxylation is 1. The second-order valence-electron chi connectivity index (χ2n) is 6.35. The Bertz CT molecular complexity index is 512. The van der Waals surface area contributed by atoms with Crippen molar-refractivity contribution < 1.29 is 9.18 Å². The topological polar surface area (TPSA) is 23.6 Å². The molecule has 0 spiro atoms. The van der Waals surface area contributed by atoms with Gasteiger partial charge in [-0.25, -0.2) is 4.39 Å². The van der Waals surface area contributed by atoms with Gasteiger partial charge in [0.25, 0.3) is 5.91 Å². The summed E-state index contributed by atoms with van der Waals surface area (Å²) in [5.41, 5.74) is 1.07. The molecule has 1 aromatic carbocycles. The number of hydrogen-bond acceptors (Lipinski definition) is 2. The summed E-state index contributed by atoms with van der Waals surface area (Å²) in [5.74, 6) is 0.0913. The molecule has 1 unspecified atom stereocenters. The fourth-order valence-corrected chi connectivity index (χ4v) is 2.74. The first kappa shape index (κ1) is 16.0. The summed E-state index contributed by atoms with van der Waals surface area (Å²) in [4.78, 5) is 16.8. The van der Waals surface area contributed by atoms with Gasteiger partial charge in [-0.1, -0.05) is 13.8 Å². The van der Waals surface area contributed by atoms with Gasteiger partial charge in [0.1, 0.15) is 5.82 Å². The highest BCUT2D eigenvalue weighted by molar-refractivity contribution is 5.94. The lowest BCUT2D eigenvalue weighted by Gasteiger charge is -2.39. The molecule has 2 rings (SSSR count). The number of carbonyl (C=O) groups excluding carboxylic acids is 1. The minimum atomic E-state index is -0.268. The van der Waals surface area contributed by atoms with Gasteiger partial charge in [-0.05, 0) is 56.1 Å². The van der Waals surface area contributed by atoms with Crippen LogP contribution < -0.4 is 0 Å². The van der Waals surface area contributed by atoms with E-state index in [2.05, 4.69) is 18.7 Å². The molecule has 1 aromatic rings. The average Bonchev–Trinajstić information content (AvgIpc) is 2.38. The van der Waals surface area contributed by atoms with E-state index in [1.54, 1.807) is 19.1 Å². The summed E-state index contributed by atoms with van der Waals surface area (Å²) in [6.07, 6.45) is 1.25. The number of benzene rings is 1. The number of nitrogens with zero attached hydrogens (tertiary/aromatic N) is 2. The van der Waals surface area contributed by atoms with E-state index >= 15 is 0 Å². The van der Waals surface area contributed by atoms with Crippen LogP contribution in [0.4, 0.5) is 4.39 Å². The van der Waals surface area contributed by atoms with Crippen molar-refractivity contribution >= 4 is 5.91 Å². The summed E-state index contributed by atoms with van der Waals surface area (Å²) in [6, 6.07) is 4.76. The molecule has 1 fully saturated rings. The first-order valence-corrected chi connectivity index (χ1v) is 7.66. The highest BCUT2D eigenvalue weighted by Gasteiger charge is 2.28. The van der Waals surface area contributed by atoms with E-state index < -0.39 is 0 Å². The lowest BCUT2D eigenvalue weighted by Crippen LogP contribution is -2.51. The third kappa shape index (κ3) is 3.62. The van der Waals surface area contributed by atoms with Gasteiger partial charge in [-0.15, -0.1) is 0 Å². The van der Waals surface area contributed by atoms with Crippen molar-refractivity contribution in [1.82, 2.24) is 9.80 Å². The maximum Gasteiger partial charge on any atom is 0.253 e. The number of halogens is 1. The van der Waals surface area contributed by atoms with E-state index in [1.807, 2.05) is 11.9 Å². The lowest BCUT2D eigenvalue weighted by atomic mass is 9.99. The maximum atomic E-state index is 13.3. The number of rotatable bonds is 5. The van der Waals surface area contributed by atoms with Crippen LogP contribution in [0.15, 0.2) is 18.2 Å². The fraction of sp³-hybridized carbons (Fsp3) is 0.588. The van der Waals surface area contributed by atoms with Gasteiger partial charge in [0, 0.05) is 25.2 Å². The number of likely N-dealkylation sites (N-methyl/N-ethyl adjacent to an activating group) is 1. The van der Waals surface area contributed by atoms with Crippen LogP contribution in [0, 0.1) is 18.7 Å². The third-order valence-corrected chi connectivity index (χ3v) is 4.39. The summed E-state index contributed by atoms with van der Waals surface area (Å²) in [6.45, 7) is 9.14. The second kappa shape index (κ2) is 6.56. The average molecular weight is 292 g/mol. The summed E-state index contributed by atoms with van der Waals surface area (Å²) in [7, 11) is 1.85. The quantitative estimate of drug-likeness (QED) is 0.833. The van der Waals surface area contributed by atoms with E-state index in [0.29, 0.717) is 17.0 Å². The van der Waals surface area contributed by atoms with Crippen molar-refractivity contribution in [2.45, 2.75) is 33.2 Å². The zero-order valence-electron chi connectivity index (χ0n) is 13.4. The standard InChI is InChI=1S/C17H25FN2O/c1-12(2)16(11-20-8-5-9-20)19(4)17(21)14-6-7-15(18)13(3)10-14/h6-7,10,12,16H,5,8-9,11H2,1-4H3. The lowest BCUT2D eigenvalue weighted by molar-refractivity contribution is 0.0564. The molecule has 1 heterocycles. The molecular weight excluding hydrogens is 267 g/mol. The van der Waals surface area contributed by atoms with Crippen molar-refractivity contribution in [3.63, 3.8) is 0 Å². The van der Waals surface area contributed by atoms with Crippen molar-refractivity contribution in [2.24, 2.45) is 5.92 Å². The Morgan fingerprint density at radius 3 is 2.52 bits per heavy atom. The van der Waals surface area contributed by atoms with Crippen LogP contribution in [0.2, 0.25) is 0 Å². The molecule has 0 radical (unpaired) electrons. The summed E-state index contributed by atoms with van der Waals surface area (Å²) >= 11 is 0. The van der Waals surface area contributed by atoms with Crippen molar-refractivity contribution in [3.05, 3.63) is 35.1 Å². The van der Waals surface area contributed by atoms with Crippen molar-refractivity contribution in [1.29, 1.82) is 0 Å². The molecule has 1 atom stereocenters. The van der Waals surface area contributed by atoms with Gasteiger partial charge >= 0.3 is 0 Å². The van der Waals surface area contributed by atoms with Gasteiger partial charge < -0.3 is 9.80 Å². The molecule has 0 bridgehead atoms. The molecule has 1 saturated heterocycles. The molecule has 1 amide bonds. The smallest absolute Gasteiger partial charge is 0.253 e. The SMILES string of the molecule is Cc1cc(C(=O)N(C)C(CN2CCC2)C(C)C)ccc1F. The Labute approximate surface area is 126 Å². The van der Waals surface area contributed by atoms with Crippen LogP contribution in [0.25, 0.3) is 0 Å². The van der Waals surface area contributed by atoms with Crippen LogP contribution in [-0.2, 0) is 0 Å². The van der Waals surface area contributed by atoms with Crippen LogP contribution in [0.1, 0.15) is 36.2 Å². The number of amides is 1. The molecule has 1 aliphatic rings. The number of likely N-dealkylation sites (tertiary alicyclic amines) is 1. The van der Waals surface area contributed by atoms with Crippen LogP contribution in [-0.4, -0.2) is 48.4 Å². The Hall–Kier alpha value is -1.42. The molecule has 0 N–H and O–H groups in total. The largest absolute Gasteiger partial charge is 0.337 e. The molecule has 3 nitrogen and oxygen atoms in total. The molecule has 0 saturated carbocycles. The Morgan fingerprint density at radius 2 is 2.05 bits per heavy atom. The molecular formula is C17H25FN2O. The minimum Gasteiger partial charge on any atom is -0.337 e. The molecule has 0 aromatic heterocycles. The van der Waals surface area contributed by atoms with Gasteiger partial charge in [-0.3, -0.25) is 4.79 Å². The first-order chi connectivity index (χ1) is 9.90. The number of carbonyl (C=O) groups is 1. The van der Waals surface area contributed by atoms with E-state index in [1.165, 1.54) is 12.5 Å².